The van der Waals surface area contributed by atoms with Crippen LogP contribution in [0.4, 0.5) is 0 Å². The van der Waals surface area contributed by atoms with Gasteiger partial charge >= 0.3 is 0 Å². The zero-order chi connectivity index (χ0) is 14.9. The third-order valence-electron chi connectivity index (χ3n) is 3.29. The fourth-order valence-corrected chi connectivity index (χ4v) is 2.38. The van der Waals surface area contributed by atoms with Gasteiger partial charge in [-0.25, -0.2) is 4.98 Å². The summed E-state index contributed by atoms with van der Waals surface area (Å²) in [6.45, 7) is 8.35. The summed E-state index contributed by atoms with van der Waals surface area (Å²) in [4.78, 5) is 18.0. The third-order valence-corrected chi connectivity index (χ3v) is 3.29. The van der Waals surface area contributed by atoms with Crippen molar-refractivity contribution in [2.75, 3.05) is 13.1 Å². The van der Waals surface area contributed by atoms with E-state index in [0.717, 1.165) is 0 Å². The van der Waals surface area contributed by atoms with Crippen LogP contribution >= 0.6 is 0 Å². The van der Waals surface area contributed by atoms with Gasteiger partial charge < -0.3 is 19.2 Å². The molecule has 1 amide bonds. The Hall–Kier alpha value is -1.40. The van der Waals surface area contributed by atoms with Gasteiger partial charge in [0.1, 0.15) is 11.9 Å². The highest BCUT2D eigenvalue weighted by Gasteiger charge is 2.37. The molecule has 112 valence electrons. The molecule has 20 heavy (non-hydrogen) atoms. The average Bonchev–Trinajstić information content (AvgIpc) is 2.95. The van der Waals surface area contributed by atoms with Crippen molar-refractivity contribution in [2.24, 2.45) is 0 Å². The van der Waals surface area contributed by atoms with Gasteiger partial charge in [0, 0.05) is 19.0 Å². The van der Waals surface area contributed by atoms with Gasteiger partial charge in [-0.15, -0.1) is 0 Å². The topological polar surface area (TPSA) is 75.8 Å². The largest absolute Gasteiger partial charge is 0.447 e. The highest BCUT2D eigenvalue weighted by Crippen LogP contribution is 2.23. The Morgan fingerprint density at radius 3 is 2.75 bits per heavy atom. The predicted molar refractivity (Wildman–Crippen MR) is 72.5 cm³/mol. The SMILES string of the molecule is CC(C)O[C@H]1CN(C(=O)c2ncoc2C(C)C)C[C@@H]1O. The Morgan fingerprint density at radius 2 is 2.15 bits per heavy atom. The fraction of sp³-hybridized carbons (Fsp3) is 0.714. The molecule has 0 radical (unpaired) electrons. The van der Waals surface area contributed by atoms with E-state index in [1.807, 2.05) is 27.7 Å². The van der Waals surface area contributed by atoms with E-state index in [4.69, 9.17) is 9.15 Å². The number of carbonyl (C=O) groups is 1. The van der Waals surface area contributed by atoms with Crippen molar-refractivity contribution < 1.29 is 19.1 Å². The summed E-state index contributed by atoms with van der Waals surface area (Å²) in [5.74, 6) is 0.459. The molecule has 0 spiro atoms. The summed E-state index contributed by atoms with van der Waals surface area (Å²) in [6, 6.07) is 0. The second-order valence-electron chi connectivity index (χ2n) is 5.72. The summed E-state index contributed by atoms with van der Waals surface area (Å²) in [5.41, 5.74) is 0.331. The van der Waals surface area contributed by atoms with E-state index in [-0.39, 0.29) is 30.6 Å². The molecule has 1 aromatic rings. The lowest BCUT2D eigenvalue weighted by Crippen LogP contribution is -2.31. The lowest BCUT2D eigenvalue weighted by molar-refractivity contribution is -0.0394. The van der Waals surface area contributed by atoms with Crippen LogP contribution < -0.4 is 0 Å². The third kappa shape index (κ3) is 3.02. The first-order valence-electron chi connectivity index (χ1n) is 6.96. The van der Waals surface area contributed by atoms with E-state index in [9.17, 15) is 9.90 Å². The Bertz CT molecular complexity index is 469. The lowest BCUT2D eigenvalue weighted by Gasteiger charge is -2.18. The quantitative estimate of drug-likeness (QED) is 0.903. The molecule has 1 aliphatic rings. The van der Waals surface area contributed by atoms with Crippen molar-refractivity contribution in [3.05, 3.63) is 17.8 Å². The first-order chi connectivity index (χ1) is 9.40. The van der Waals surface area contributed by atoms with Gasteiger partial charge in [-0.05, 0) is 13.8 Å². The van der Waals surface area contributed by atoms with Gasteiger partial charge in [0.2, 0.25) is 0 Å². The van der Waals surface area contributed by atoms with Crippen molar-refractivity contribution in [3.63, 3.8) is 0 Å². The minimum absolute atomic E-state index is 0.0166. The van der Waals surface area contributed by atoms with Crippen LogP contribution in [0.25, 0.3) is 0 Å². The molecule has 0 bridgehead atoms. The van der Waals surface area contributed by atoms with Crippen LogP contribution in [0.3, 0.4) is 0 Å². The fourth-order valence-electron chi connectivity index (χ4n) is 2.38. The number of rotatable bonds is 4. The van der Waals surface area contributed by atoms with Crippen LogP contribution in [0, 0.1) is 0 Å². The van der Waals surface area contributed by atoms with Crippen LogP contribution in [0.2, 0.25) is 0 Å². The zero-order valence-electron chi connectivity index (χ0n) is 12.4. The van der Waals surface area contributed by atoms with Gasteiger partial charge in [-0.1, -0.05) is 13.8 Å². The molecule has 1 aliphatic heterocycles. The zero-order valence-corrected chi connectivity index (χ0v) is 12.4. The molecule has 2 rings (SSSR count). The number of β-amino-alcohol motifs (C(OH)–C–C–N with tert-alkyl or cyclic N) is 1. The van der Waals surface area contributed by atoms with Gasteiger partial charge in [0.25, 0.3) is 5.91 Å². The average molecular weight is 282 g/mol. The maximum atomic E-state index is 12.4. The first kappa shape index (κ1) is 15.0. The van der Waals surface area contributed by atoms with Crippen LogP contribution in [0.1, 0.15) is 49.9 Å². The van der Waals surface area contributed by atoms with Crippen molar-refractivity contribution in [3.8, 4) is 0 Å². The van der Waals surface area contributed by atoms with Crippen molar-refractivity contribution in [2.45, 2.75) is 51.9 Å². The number of aliphatic hydroxyl groups is 1. The smallest absolute Gasteiger partial charge is 0.276 e. The molecule has 1 saturated heterocycles. The number of aliphatic hydroxyl groups excluding tert-OH is 1. The Labute approximate surface area is 118 Å². The summed E-state index contributed by atoms with van der Waals surface area (Å²) < 4.78 is 10.9. The van der Waals surface area contributed by atoms with Gasteiger partial charge in [-0.2, -0.15) is 0 Å². The molecule has 0 unspecified atom stereocenters. The van der Waals surface area contributed by atoms with E-state index in [1.165, 1.54) is 6.39 Å². The standard InChI is InChI=1S/C14H22N2O4/c1-8(2)13-12(15-7-19-13)14(18)16-5-10(17)11(6-16)20-9(3)4/h7-11,17H,5-6H2,1-4H3/t10-,11-/m0/s1. The monoisotopic (exact) mass is 282 g/mol. The number of ether oxygens (including phenoxy) is 1. The molecule has 1 aromatic heterocycles. The molecule has 6 nitrogen and oxygen atoms in total. The minimum atomic E-state index is -0.657. The normalized spacial score (nSPS) is 23.1. The predicted octanol–water partition coefficient (Wildman–Crippen LogP) is 1.41. The first-order valence-corrected chi connectivity index (χ1v) is 6.96. The Kier molecular flexibility index (Phi) is 4.45. The number of aromatic nitrogens is 1. The van der Waals surface area contributed by atoms with E-state index < -0.39 is 6.10 Å². The van der Waals surface area contributed by atoms with Gasteiger partial charge in [0.05, 0.1) is 12.2 Å². The highest BCUT2D eigenvalue weighted by atomic mass is 16.5. The second-order valence-corrected chi connectivity index (χ2v) is 5.72. The number of likely N-dealkylation sites (tertiary alicyclic amines) is 1. The van der Waals surface area contributed by atoms with Gasteiger partial charge in [-0.3, -0.25) is 4.79 Å². The number of nitrogens with zero attached hydrogens (tertiary/aromatic N) is 2. The van der Waals surface area contributed by atoms with E-state index in [2.05, 4.69) is 4.98 Å². The molecular weight excluding hydrogens is 260 g/mol. The van der Waals surface area contributed by atoms with E-state index in [1.54, 1.807) is 4.90 Å². The number of hydrogen-bond acceptors (Lipinski definition) is 5. The molecule has 0 aromatic carbocycles. The molecule has 2 heterocycles. The molecule has 2 atom stereocenters. The van der Waals surface area contributed by atoms with E-state index in [0.29, 0.717) is 18.0 Å². The summed E-state index contributed by atoms with van der Waals surface area (Å²) in [7, 11) is 0. The molecule has 0 saturated carbocycles. The Morgan fingerprint density at radius 1 is 1.45 bits per heavy atom. The van der Waals surface area contributed by atoms with Crippen molar-refractivity contribution in [1.29, 1.82) is 0 Å². The second kappa shape index (κ2) is 5.93. The number of amides is 1. The van der Waals surface area contributed by atoms with Crippen molar-refractivity contribution >= 4 is 5.91 Å². The summed E-state index contributed by atoms with van der Waals surface area (Å²) in [5, 5.41) is 9.97. The van der Waals surface area contributed by atoms with E-state index >= 15 is 0 Å². The number of oxazole rings is 1. The summed E-state index contributed by atoms with van der Waals surface area (Å²) in [6.07, 6.45) is 0.309. The Balaban J connectivity index is 2.09. The molecule has 6 heteroatoms. The molecule has 1 fully saturated rings. The summed E-state index contributed by atoms with van der Waals surface area (Å²) >= 11 is 0. The highest BCUT2D eigenvalue weighted by molar-refractivity contribution is 5.93. The lowest BCUT2D eigenvalue weighted by atomic mass is 10.1. The molecular formula is C14H22N2O4. The molecule has 1 N–H and O–H groups in total. The number of hydrogen-bond donors (Lipinski definition) is 1. The van der Waals surface area contributed by atoms with Crippen LogP contribution in [-0.4, -0.2) is 52.3 Å². The van der Waals surface area contributed by atoms with Crippen LogP contribution in [0.15, 0.2) is 10.8 Å². The minimum Gasteiger partial charge on any atom is -0.447 e. The van der Waals surface area contributed by atoms with Crippen molar-refractivity contribution in [1.82, 2.24) is 9.88 Å². The number of carbonyl (C=O) groups excluding carboxylic acids is 1. The van der Waals surface area contributed by atoms with Crippen LogP contribution in [-0.2, 0) is 4.74 Å². The maximum Gasteiger partial charge on any atom is 0.276 e. The van der Waals surface area contributed by atoms with Gasteiger partial charge in [0.15, 0.2) is 12.1 Å². The maximum absolute atomic E-state index is 12.4. The van der Waals surface area contributed by atoms with Crippen LogP contribution in [0.5, 0.6) is 0 Å². The molecule has 0 aliphatic carbocycles.